The van der Waals surface area contributed by atoms with E-state index in [0.717, 1.165) is 5.69 Å². The zero-order chi connectivity index (χ0) is 26.6. The molecule has 1 aromatic carbocycles. The van der Waals surface area contributed by atoms with Gasteiger partial charge >= 0.3 is 0 Å². The van der Waals surface area contributed by atoms with Crippen LogP contribution < -0.4 is 20.7 Å². The summed E-state index contributed by atoms with van der Waals surface area (Å²) in [5, 5.41) is 8.84. The Labute approximate surface area is 214 Å². The third-order valence-corrected chi connectivity index (χ3v) is 5.66. The van der Waals surface area contributed by atoms with Gasteiger partial charge in [-0.1, -0.05) is 23.8 Å². The van der Waals surface area contributed by atoms with Crippen molar-refractivity contribution in [2.75, 3.05) is 19.0 Å². The second-order valence-corrected chi connectivity index (χ2v) is 8.81. The quantitative estimate of drug-likeness (QED) is 0.402. The number of aromatic nitrogens is 2. The standard InChI is InChI=1S/C28H26FN5O3/c1-5-7-22(35)34-28(2,3)13-10-17-16-30-14-11-18(17)24-25(23-20(32-24)12-15-31-27(23)36)33-21-9-6-8-19(29)26(21)37-4/h6,8-9,11,14,16,32-33H,12,15H2,1-4H3,(H,31,36)(H,34,35). The number of ether oxygens (including phenoxy) is 1. The number of nitrogens with zero attached hydrogens (tertiary/aromatic N) is 1. The molecule has 3 aromatic rings. The summed E-state index contributed by atoms with van der Waals surface area (Å²) in [5.41, 5.74) is 3.00. The minimum atomic E-state index is -0.862. The van der Waals surface area contributed by atoms with E-state index in [9.17, 15) is 14.0 Å². The first-order valence-corrected chi connectivity index (χ1v) is 11.6. The van der Waals surface area contributed by atoms with Crippen LogP contribution in [0.15, 0.2) is 36.7 Å². The topological polar surface area (TPSA) is 108 Å². The lowest BCUT2D eigenvalue weighted by Gasteiger charge is -2.18. The molecule has 8 nitrogen and oxygen atoms in total. The fourth-order valence-electron chi connectivity index (χ4n) is 4.05. The number of fused-ring (bicyclic) bond motifs is 1. The molecule has 1 aliphatic heterocycles. The molecule has 2 aromatic heterocycles. The summed E-state index contributed by atoms with van der Waals surface area (Å²) in [6, 6.07) is 6.31. The van der Waals surface area contributed by atoms with Crippen molar-refractivity contribution in [3.63, 3.8) is 0 Å². The minimum Gasteiger partial charge on any atom is -0.492 e. The second kappa shape index (κ2) is 10.5. The van der Waals surface area contributed by atoms with Gasteiger partial charge in [0, 0.05) is 36.6 Å². The number of anilines is 2. The van der Waals surface area contributed by atoms with Crippen molar-refractivity contribution in [1.82, 2.24) is 20.6 Å². The predicted octanol–water partition coefficient (Wildman–Crippen LogP) is 3.52. The van der Waals surface area contributed by atoms with E-state index in [1.54, 1.807) is 51.4 Å². The van der Waals surface area contributed by atoms with Crippen LogP contribution in [0.25, 0.3) is 11.3 Å². The maximum atomic E-state index is 14.4. The zero-order valence-corrected chi connectivity index (χ0v) is 20.9. The molecule has 0 saturated heterocycles. The Balaban J connectivity index is 1.83. The molecule has 0 bridgehead atoms. The molecule has 0 radical (unpaired) electrons. The number of amides is 2. The molecule has 0 aliphatic carbocycles. The highest BCUT2D eigenvalue weighted by Gasteiger charge is 2.28. The second-order valence-electron chi connectivity index (χ2n) is 8.81. The number of hydrogen-bond acceptors (Lipinski definition) is 5. The average Bonchev–Trinajstić information content (AvgIpc) is 3.22. The first-order chi connectivity index (χ1) is 17.7. The molecular formula is C28H26FN5O3. The summed E-state index contributed by atoms with van der Waals surface area (Å²) in [6.45, 7) is 5.62. The van der Waals surface area contributed by atoms with E-state index in [1.165, 1.54) is 13.2 Å². The molecular weight excluding hydrogens is 473 g/mol. The summed E-state index contributed by atoms with van der Waals surface area (Å²) in [5.74, 6) is 10.0. The van der Waals surface area contributed by atoms with Gasteiger partial charge in [0.2, 0.25) is 0 Å². The van der Waals surface area contributed by atoms with Gasteiger partial charge in [0.1, 0.15) is 0 Å². The molecule has 0 unspecified atom stereocenters. The van der Waals surface area contributed by atoms with Crippen molar-refractivity contribution in [2.24, 2.45) is 0 Å². The van der Waals surface area contributed by atoms with Gasteiger partial charge in [0.05, 0.1) is 40.8 Å². The van der Waals surface area contributed by atoms with Crippen molar-refractivity contribution in [1.29, 1.82) is 0 Å². The molecule has 188 valence electrons. The number of pyridine rings is 1. The van der Waals surface area contributed by atoms with Gasteiger partial charge in [-0.05, 0) is 44.9 Å². The van der Waals surface area contributed by atoms with Crippen LogP contribution >= 0.6 is 0 Å². The lowest BCUT2D eigenvalue weighted by Crippen LogP contribution is -2.41. The first-order valence-electron chi connectivity index (χ1n) is 11.6. The number of hydrogen-bond donors (Lipinski definition) is 4. The Morgan fingerprint density at radius 2 is 2.08 bits per heavy atom. The van der Waals surface area contributed by atoms with E-state index < -0.39 is 17.3 Å². The molecule has 4 N–H and O–H groups in total. The number of carbonyl (C=O) groups is 2. The number of halogens is 1. The highest BCUT2D eigenvalue weighted by atomic mass is 19.1. The summed E-state index contributed by atoms with van der Waals surface area (Å²) in [4.78, 5) is 32.4. The molecule has 2 amide bonds. The number of H-pyrrole nitrogens is 1. The van der Waals surface area contributed by atoms with Crippen molar-refractivity contribution in [2.45, 2.75) is 32.7 Å². The number of para-hydroxylation sites is 1. The highest BCUT2D eigenvalue weighted by Crippen LogP contribution is 2.40. The van der Waals surface area contributed by atoms with Crippen molar-refractivity contribution in [3.05, 3.63) is 59.3 Å². The van der Waals surface area contributed by atoms with Gasteiger partial charge in [-0.3, -0.25) is 14.6 Å². The van der Waals surface area contributed by atoms with Crippen molar-refractivity contribution in [3.8, 4) is 40.7 Å². The smallest absolute Gasteiger partial charge is 0.297 e. The summed E-state index contributed by atoms with van der Waals surface area (Å²) >= 11 is 0. The van der Waals surface area contributed by atoms with E-state index >= 15 is 0 Å². The number of rotatable bonds is 5. The number of benzene rings is 1. The van der Waals surface area contributed by atoms with Crippen molar-refractivity contribution < 1.29 is 18.7 Å². The Morgan fingerprint density at radius 1 is 1.27 bits per heavy atom. The third kappa shape index (κ3) is 5.41. The van der Waals surface area contributed by atoms with Crippen LogP contribution in [0.5, 0.6) is 5.75 Å². The number of nitrogens with one attached hydrogen (secondary N) is 4. The van der Waals surface area contributed by atoms with Gasteiger partial charge in [-0.25, -0.2) is 4.39 Å². The molecule has 0 saturated carbocycles. The third-order valence-electron chi connectivity index (χ3n) is 5.66. The van der Waals surface area contributed by atoms with Crippen LogP contribution in [0.2, 0.25) is 0 Å². The van der Waals surface area contributed by atoms with Crippen LogP contribution in [-0.2, 0) is 11.2 Å². The summed E-state index contributed by atoms with van der Waals surface area (Å²) < 4.78 is 19.7. The molecule has 0 atom stereocenters. The van der Waals surface area contributed by atoms with Gasteiger partial charge in [0.15, 0.2) is 11.6 Å². The molecule has 4 rings (SSSR count). The van der Waals surface area contributed by atoms with Crippen LogP contribution in [0, 0.1) is 29.5 Å². The molecule has 9 heteroatoms. The highest BCUT2D eigenvalue weighted by molar-refractivity contribution is 6.06. The van der Waals surface area contributed by atoms with Crippen LogP contribution in [0.3, 0.4) is 0 Å². The SMILES string of the molecule is CC#CC(=O)NC(C)(C)C#Cc1cnccc1-c1[nH]c2c(c1Nc1cccc(F)c1OC)C(=O)NCC2. The van der Waals surface area contributed by atoms with Crippen LogP contribution in [0.1, 0.15) is 42.4 Å². The van der Waals surface area contributed by atoms with Crippen LogP contribution in [-0.4, -0.2) is 41.0 Å². The van der Waals surface area contributed by atoms with Crippen molar-refractivity contribution >= 4 is 23.2 Å². The summed E-state index contributed by atoms with van der Waals surface area (Å²) in [6.07, 6.45) is 3.83. The molecule has 0 fully saturated rings. The van der Waals surface area contributed by atoms with E-state index in [1.807, 2.05) is 0 Å². The molecule has 0 spiro atoms. The van der Waals surface area contributed by atoms with Gasteiger partial charge in [-0.15, -0.1) is 0 Å². The fourth-order valence-corrected chi connectivity index (χ4v) is 4.05. The first kappa shape index (κ1) is 25.3. The Bertz CT molecular complexity index is 1500. The number of aromatic amines is 1. The largest absolute Gasteiger partial charge is 0.492 e. The van der Waals surface area contributed by atoms with Gasteiger partial charge < -0.3 is 25.7 Å². The van der Waals surface area contributed by atoms with Gasteiger partial charge in [0.25, 0.3) is 11.8 Å². The minimum absolute atomic E-state index is 0.0297. The molecule has 37 heavy (non-hydrogen) atoms. The van der Waals surface area contributed by atoms with E-state index in [-0.39, 0.29) is 11.7 Å². The number of carbonyl (C=O) groups excluding carboxylic acids is 2. The van der Waals surface area contributed by atoms with E-state index in [0.29, 0.717) is 46.7 Å². The average molecular weight is 500 g/mol. The lowest BCUT2D eigenvalue weighted by molar-refractivity contribution is -0.116. The maximum Gasteiger partial charge on any atom is 0.297 e. The predicted molar refractivity (Wildman–Crippen MR) is 139 cm³/mol. The summed E-state index contributed by atoms with van der Waals surface area (Å²) in [7, 11) is 1.38. The Morgan fingerprint density at radius 3 is 2.84 bits per heavy atom. The van der Waals surface area contributed by atoms with Crippen LogP contribution in [0.4, 0.5) is 15.8 Å². The lowest BCUT2D eigenvalue weighted by atomic mass is 10.0. The van der Waals surface area contributed by atoms with Gasteiger partial charge in [-0.2, -0.15) is 0 Å². The Kier molecular flexibility index (Phi) is 7.17. The van der Waals surface area contributed by atoms with E-state index in [4.69, 9.17) is 4.74 Å². The fraction of sp³-hybridized carbons (Fsp3) is 0.250. The van der Waals surface area contributed by atoms with E-state index in [2.05, 4.69) is 49.6 Å². The molecule has 1 aliphatic rings. The monoisotopic (exact) mass is 499 g/mol. The number of methoxy groups -OCH3 is 1. The molecule has 3 heterocycles. The maximum absolute atomic E-state index is 14.4. The Hall–Kier alpha value is -4.76. The normalized spacial score (nSPS) is 12.2. The zero-order valence-electron chi connectivity index (χ0n) is 20.9.